The van der Waals surface area contributed by atoms with Gasteiger partial charge >= 0.3 is 0 Å². The summed E-state index contributed by atoms with van der Waals surface area (Å²) in [6.07, 6.45) is 1.95. The first-order valence-corrected chi connectivity index (χ1v) is 6.95. The van der Waals surface area contributed by atoms with Crippen LogP contribution in [0.2, 0.25) is 0 Å². The molecule has 1 rings (SSSR count). The average molecular weight is 266 g/mol. The zero-order valence-corrected chi connectivity index (χ0v) is 11.9. The van der Waals surface area contributed by atoms with Crippen molar-refractivity contribution < 1.29 is 9.47 Å². The molecule has 0 bridgehead atoms. The number of methoxy groups -OCH3 is 1. The van der Waals surface area contributed by atoms with Gasteiger partial charge < -0.3 is 20.1 Å². The Morgan fingerprint density at radius 2 is 1.79 bits per heavy atom. The molecule has 4 nitrogen and oxygen atoms in total. The second-order valence-corrected chi connectivity index (χ2v) is 4.42. The van der Waals surface area contributed by atoms with E-state index in [4.69, 9.17) is 15.2 Å². The summed E-state index contributed by atoms with van der Waals surface area (Å²) in [5.41, 5.74) is 6.83. The number of hydrogen-bond donors (Lipinski definition) is 1. The van der Waals surface area contributed by atoms with E-state index in [0.717, 1.165) is 52.3 Å². The second kappa shape index (κ2) is 10.8. The summed E-state index contributed by atoms with van der Waals surface area (Å²) in [7, 11) is 1.71. The van der Waals surface area contributed by atoms with Crippen LogP contribution in [0.5, 0.6) is 0 Å². The summed E-state index contributed by atoms with van der Waals surface area (Å²) in [5, 5.41) is 0. The van der Waals surface area contributed by atoms with Crippen LogP contribution in [-0.4, -0.2) is 46.6 Å². The maximum absolute atomic E-state index is 5.61. The molecule has 1 aromatic carbocycles. The summed E-state index contributed by atoms with van der Waals surface area (Å²) in [6, 6.07) is 10.4. The normalized spacial score (nSPS) is 10.6. The van der Waals surface area contributed by atoms with Crippen molar-refractivity contribution in [1.82, 2.24) is 0 Å². The molecule has 0 aliphatic carbocycles. The minimum Gasteiger partial charge on any atom is -0.385 e. The van der Waals surface area contributed by atoms with Crippen molar-refractivity contribution in [2.24, 2.45) is 5.73 Å². The summed E-state index contributed by atoms with van der Waals surface area (Å²) >= 11 is 0. The van der Waals surface area contributed by atoms with Crippen LogP contribution in [0.3, 0.4) is 0 Å². The van der Waals surface area contributed by atoms with E-state index >= 15 is 0 Å². The third kappa shape index (κ3) is 7.15. The quantitative estimate of drug-likeness (QED) is 0.621. The van der Waals surface area contributed by atoms with Crippen LogP contribution in [-0.2, 0) is 9.47 Å². The van der Waals surface area contributed by atoms with Crippen LogP contribution in [0.4, 0.5) is 5.69 Å². The topological polar surface area (TPSA) is 47.7 Å². The molecule has 0 radical (unpaired) electrons. The molecule has 4 heteroatoms. The highest BCUT2D eigenvalue weighted by molar-refractivity contribution is 5.45. The molecule has 0 aromatic heterocycles. The Morgan fingerprint density at radius 3 is 2.47 bits per heavy atom. The van der Waals surface area contributed by atoms with E-state index in [9.17, 15) is 0 Å². The fraction of sp³-hybridized carbons (Fsp3) is 0.600. The smallest absolute Gasteiger partial charge is 0.0641 e. The van der Waals surface area contributed by atoms with Crippen LogP contribution in [0.1, 0.15) is 12.8 Å². The molecule has 0 aliphatic heterocycles. The Morgan fingerprint density at radius 1 is 1.00 bits per heavy atom. The van der Waals surface area contributed by atoms with E-state index in [1.165, 1.54) is 5.69 Å². The van der Waals surface area contributed by atoms with Gasteiger partial charge in [0.25, 0.3) is 0 Å². The largest absolute Gasteiger partial charge is 0.385 e. The Balaban J connectivity index is 2.30. The molecule has 0 unspecified atom stereocenters. The van der Waals surface area contributed by atoms with Crippen molar-refractivity contribution in [3.8, 4) is 0 Å². The predicted octanol–water partition coefficient (Wildman–Crippen LogP) is 1.89. The Kier molecular flexibility index (Phi) is 9.06. The van der Waals surface area contributed by atoms with E-state index in [0.29, 0.717) is 0 Å². The van der Waals surface area contributed by atoms with Crippen LogP contribution in [0.15, 0.2) is 30.3 Å². The van der Waals surface area contributed by atoms with Gasteiger partial charge in [-0.05, 0) is 31.5 Å². The second-order valence-electron chi connectivity index (χ2n) is 4.42. The molecule has 0 saturated carbocycles. The average Bonchev–Trinajstić information content (AvgIpc) is 2.46. The van der Waals surface area contributed by atoms with Gasteiger partial charge in [0.05, 0.1) is 6.61 Å². The Labute approximate surface area is 116 Å². The van der Waals surface area contributed by atoms with Crippen LogP contribution in [0.25, 0.3) is 0 Å². The zero-order chi connectivity index (χ0) is 13.8. The monoisotopic (exact) mass is 266 g/mol. The number of benzene rings is 1. The summed E-state index contributed by atoms with van der Waals surface area (Å²) < 4.78 is 10.6. The van der Waals surface area contributed by atoms with Gasteiger partial charge in [-0.3, -0.25) is 0 Å². The lowest BCUT2D eigenvalue weighted by atomic mass is 10.2. The van der Waals surface area contributed by atoms with E-state index in [-0.39, 0.29) is 0 Å². The van der Waals surface area contributed by atoms with Gasteiger partial charge in [-0.15, -0.1) is 0 Å². The molecular weight excluding hydrogens is 240 g/mol. The lowest BCUT2D eigenvalue weighted by Crippen LogP contribution is -2.29. The fourth-order valence-corrected chi connectivity index (χ4v) is 1.87. The van der Waals surface area contributed by atoms with Crippen LogP contribution in [0, 0.1) is 0 Å². The number of rotatable bonds is 11. The van der Waals surface area contributed by atoms with Gasteiger partial charge in [0.15, 0.2) is 0 Å². The summed E-state index contributed by atoms with van der Waals surface area (Å²) in [6.45, 7) is 4.85. The van der Waals surface area contributed by atoms with E-state index in [1.807, 2.05) is 6.07 Å². The van der Waals surface area contributed by atoms with Crippen molar-refractivity contribution in [1.29, 1.82) is 0 Å². The number of para-hydroxylation sites is 1. The molecule has 0 atom stereocenters. The van der Waals surface area contributed by atoms with Gasteiger partial charge in [-0.25, -0.2) is 0 Å². The number of nitrogens with zero attached hydrogens (tertiary/aromatic N) is 1. The highest BCUT2D eigenvalue weighted by Crippen LogP contribution is 2.13. The molecular formula is C15H26N2O2. The molecule has 1 aromatic rings. The Bertz CT molecular complexity index is 306. The number of anilines is 1. The van der Waals surface area contributed by atoms with Gasteiger partial charge in [-0.2, -0.15) is 0 Å². The van der Waals surface area contributed by atoms with E-state index in [1.54, 1.807) is 7.11 Å². The minimum atomic E-state index is 0.720. The maximum atomic E-state index is 5.61. The first-order chi connectivity index (χ1) is 9.38. The zero-order valence-electron chi connectivity index (χ0n) is 11.9. The number of nitrogens with two attached hydrogens (primary N) is 1. The third-order valence-corrected chi connectivity index (χ3v) is 2.90. The summed E-state index contributed by atoms with van der Waals surface area (Å²) in [4.78, 5) is 2.32. The van der Waals surface area contributed by atoms with Crippen LogP contribution >= 0.6 is 0 Å². The SMILES string of the molecule is COCCCOCCN(CCCN)c1ccccc1. The molecule has 0 spiro atoms. The lowest BCUT2D eigenvalue weighted by molar-refractivity contribution is 0.107. The standard InChI is InChI=1S/C15H26N2O2/c1-18-12-6-13-19-14-11-17(10-5-9-16)15-7-3-2-4-8-15/h2-4,7-8H,5-6,9-14,16H2,1H3. The number of ether oxygens (including phenoxy) is 2. The summed E-state index contributed by atoms with van der Waals surface area (Å²) in [5.74, 6) is 0. The van der Waals surface area contributed by atoms with Crippen molar-refractivity contribution >= 4 is 5.69 Å². The van der Waals surface area contributed by atoms with Crippen molar-refractivity contribution in [3.63, 3.8) is 0 Å². The lowest BCUT2D eigenvalue weighted by Gasteiger charge is -2.24. The highest BCUT2D eigenvalue weighted by atomic mass is 16.5. The van der Waals surface area contributed by atoms with Gasteiger partial charge in [0.1, 0.15) is 0 Å². The van der Waals surface area contributed by atoms with Crippen molar-refractivity contribution in [2.45, 2.75) is 12.8 Å². The molecule has 2 N–H and O–H groups in total. The molecule has 0 aliphatic rings. The molecule has 0 fully saturated rings. The first kappa shape index (κ1) is 16.0. The maximum Gasteiger partial charge on any atom is 0.0641 e. The Hall–Kier alpha value is -1.10. The molecule has 19 heavy (non-hydrogen) atoms. The van der Waals surface area contributed by atoms with Crippen LogP contribution < -0.4 is 10.6 Å². The molecule has 0 saturated heterocycles. The molecule has 0 heterocycles. The predicted molar refractivity (Wildman–Crippen MR) is 79.6 cm³/mol. The molecule has 0 amide bonds. The number of hydrogen-bond acceptors (Lipinski definition) is 4. The van der Waals surface area contributed by atoms with Crippen molar-refractivity contribution in [2.75, 3.05) is 51.5 Å². The minimum absolute atomic E-state index is 0.720. The van der Waals surface area contributed by atoms with E-state index < -0.39 is 0 Å². The first-order valence-electron chi connectivity index (χ1n) is 6.95. The van der Waals surface area contributed by atoms with Gasteiger partial charge in [0.2, 0.25) is 0 Å². The van der Waals surface area contributed by atoms with E-state index in [2.05, 4.69) is 29.2 Å². The highest BCUT2D eigenvalue weighted by Gasteiger charge is 2.05. The van der Waals surface area contributed by atoms with Gasteiger partial charge in [-0.1, -0.05) is 18.2 Å². The molecule has 108 valence electrons. The van der Waals surface area contributed by atoms with Crippen molar-refractivity contribution in [3.05, 3.63) is 30.3 Å². The van der Waals surface area contributed by atoms with Gasteiger partial charge in [0, 0.05) is 39.1 Å². The third-order valence-electron chi connectivity index (χ3n) is 2.90. The fourth-order valence-electron chi connectivity index (χ4n) is 1.87.